The van der Waals surface area contributed by atoms with Crippen LogP contribution in [0.4, 0.5) is 10.1 Å². The lowest BCUT2D eigenvalue weighted by Gasteiger charge is -2.35. The van der Waals surface area contributed by atoms with Crippen molar-refractivity contribution in [3.05, 3.63) is 29.6 Å². The quantitative estimate of drug-likeness (QED) is 0.826. The maximum Gasteiger partial charge on any atom is 0.256 e. The van der Waals surface area contributed by atoms with Crippen molar-refractivity contribution in [2.45, 2.75) is 18.9 Å². The Morgan fingerprint density at radius 3 is 2.68 bits per heavy atom. The summed E-state index contributed by atoms with van der Waals surface area (Å²) in [6.45, 7) is 1.92. The van der Waals surface area contributed by atoms with Crippen molar-refractivity contribution in [2.75, 3.05) is 32.9 Å². The van der Waals surface area contributed by atoms with E-state index in [0.717, 1.165) is 25.9 Å². The van der Waals surface area contributed by atoms with Crippen molar-refractivity contribution in [3.8, 4) is 0 Å². The van der Waals surface area contributed by atoms with E-state index >= 15 is 0 Å². The molecule has 0 unspecified atom stereocenters. The van der Waals surface area contributed by atoms with Gasteiger partial charge in [-0.2, -0.15) is 0 Å². The van der Waals surface area contributed by atoms with E-state index in [1.165, 1.54) is 18.2 Å². The van der Waals surface area contributed by atoms with Crippen LogP contribution in [0.1, 0.15) is 23.2 Å². The Kier molecular flexibility index (Phi) is 4.04. The van der Waals surface area contributed by atoms with Gasteiger partial charge in [0.25, 0.3) is 5.91 Å². The zero-order valence-electron chi connectivity index (χ0n) is 11.4. The van der Waals surface area contributed by atoms with Gasteiger partial charge in [0.1, 0.15) is 5.82 Å². The molecule has 0 atom stereocenters. The molecule has 0 spiro atoms. The Morgan fingerprint density at radius 1 is 1.42 bits per heavy atom. The number of carbonyl (C=O) groups excluding carboxylic acids is 1. The molecule has 1 aromatic carbocycles. The number of halogens is 1. The Bertz CT molecular complexity index is 470. The number of amides is 1. The van der Waals surface area contributed by atoms with Gasteiger partial charge in [-0.05, 0) is 51.2 Å². The van der Waals surface area contributed by atoms with Crippen molar-refractivity contribution in [1.29, 1.82) is 0 Å². The lowest BCUT2D eigenvalue weighted by Crippen LogP contribution is -2.44. The van der Waals surface area contributed by atoms with Crippen LogP contribution in [0.3, 0.4) is 0 Å². The predicted molar refractivity (Wildman–Crippen MR) is 73.4 cm³/mol. The first kappa shape index (κ1) is 13.8. The van der Waals surface area contributed by atoms with Crippen LogP contribution in [0, 0.1) is 5.82 Å². The standard InChI is InChI=1S/C14H20FN3O/c1-17-7-5-11(6-8-17)18(2)14(19)12-9-10(16)3-4-13(12)15/h3-4,9,11H,5-8,16H2,1-2H3. The molecule has 1 saturated heterocycles. The van der Waals surface area contributed by atoms with Crippen LogP contribution in [0.5, 0.6) is 0 Å². The van der Waals surface area contributed by atoms with E-state index in [9.17, 15) is 9.18 Å². The minimum Gasteiger partial charge on any atom is -0.399 e. The number of hydrogen-bond acceptors (Lipinski definition) is 3. The molecule has 104 valence electrons. The fraction of sp³-hybridized carbons (Fsp3) is 0.500. The van der Waals surface area contributed by atoms with E-state index < -0.39 is 5.82 Å². The SMILES string of the molecule is CN1CCC(N(C)C(=O)c2cc(N)ccc2F)CC1. The van der Waals surface area contributed by atoms with Crippen LogP contribution in [0.2, 0.25) is 0 Å². The van der Waals surface area contributed by atoms with Gasteiger partial charge in [0.2, 0.25) is 0 Å². The molecule has 1 amide bonds. The van der Waals surface area contributed by atoms with Crippen molar-refractivity contribution in [1.82, 2.24) is 9.80 Å². The Hall–Kier alpha value is -1.62. The van der Waals surface area contributed by atoms with Gasteiger partial charge in [0, 0.05) is 18.8 Å². The van der Waals surface area contributed by atoms with E-state index in [0.29, 0.717) is 5.69 Å². The van der Waals surface area contributed by atoms with Crippen LogP contribution < -0.4 is 5.73 Å². The molecule has 0 radical (unpaired) electrons. The highest BCUT2D eigenvalue weighted by atomic mass is 19.1. The topological polar surface area (TPSA) is 49.6 Å². The zero-order chi connectivity index (χ0) is 14.0. The van der Waals surface area contributed by atoms with Crippen molar-refractivity contribution < 1.29 is 9.18 Å². The number of carbonyl (C=O) groups is 1. The minimum atomic E-state index is -0.515. The summed E-state index contributed by atoms with van der Waals surface area (Å²) in [5.74, 6) is -0.807. The second-order valence-electron chi connectivity index (χ2n) is 5.19. The van der Waals surface area contributed by atoms with Gasteiger partial charge in [-0.1, -0.05) is 0 Å². The molecule has 5 heteroatoms. The number of hydrogen-bond donors (Lipinski definition) is 1. The smallest absolute Gasteiger partial charge is 0.256 e. The van der Waals surface area contributed by atoms with Crippen LogP contribution >= 0.6 is 0 Å². The molecule has 0 saturated carbocycles. The zero-order valence-corrected chi connectivity index (χ0v) is 11.4. The average Bonchev–Trinajstić information content (AvgIpc) is 2.41. The summed E-state index contributed by atoms with van der Waals surface area (Å²) in [5.41, 5.74) is 6.08. The third kappa shape index (κ3) is 3.04. The summed E-state index contributed by atoms with van der Waals surface area (Å²) in [6.07, 6.45) is 1.84. The van der Waals surface area contributed by atoms with Crippen molar-refractivity contribution in [2.24, 2.45) is 0 Å². The Labute approximate surface area is 113 Å². The van der Waals surface area contributed by atoms with Gasteiger partial charge in [0.15, 0.2) is 0 Å². The average molecular weight is 265 g/mol. The number of benzene rings is 1. The summed E-state index contributed by atoms with van der Waals surface area (Å²) in [6, 6.07) is 4.28. The number of nitrogens with zero attached hydrogens (tertiary/aromatic N) is 2. The molecule has 1 aliphatic rings. The van der Waals surface area contributed by atoms with Gasteiger partial charge in [-0.3, -0.25) is 4.79 Å². The first-order chi connectivity index (χ1) is 8.99. The molecule has 1 aromatic rings. The minimum absolute atomic E-state index is 0.0569. The molecule has 4 nitrogen and oxygen atoms in total. The molecule has 1 heterocycles. The summed E-state index contributed by atoms with van der Waals surface area (Å²) in [4.78, 5) is 16.2. The largest absolute Gasteiger partial charge is 0.399 e. The van der Waals surface area contributed by atoms with E-state index in [1.807, 2.05) is 0 Å². The monoisotopic (exact) mass is 265 g/mol. The molecule has 0 bridgehead atoms. The fourth-order valence-corrected chi connectivity index (χ4v) is 2.44. The number of nitrogen functional groups attached to an aromatic ring is 1. The molecule has 0 aliphatic carbocycles. The maximum atomic E-state index is 13.7. The highest BCUT2D eigenvalue weighted by Gasteiger charge is 2.26. The van der Waals surface area contributed by atoms with Crippen LogP contribution in [0.25, 0.3) is 0 Å². The van der Waals surface area contributed by atoms with E-state index in [4.69, 9.17) is 5.73 Å². The summed E-state index contributed by atoms with van der Waals surface area (Å²) in [7, 11) is 3.80. The molecular weight excluding hydrogens is 245 g/mol. The van der Waals surface area contributed by atoms with Crippen LogP contribution in [0.15, 0.2) is 18.2 Å². The summed E-state index contributed by atoms with van der Waals surface area (Å²) < 4.78 is 13.7. The highest BCUT2D eigenvalue weighted by molar-refractivity contribution is 5.95. The third-order valence-corrected chi connectivity index (χ3v) is 3.78. The van der Waals surface area contributed by atoms with E-state index in [1.54, 1.807) is 11.9 Å². The summed E-state index contributed by atoms with van der Waals surface area (Å²) in [5, 5.41) is 0. The first-order valence-corrected chi connectivity index (χ1v) is 6.50. The number of anilines is 1. The Balaban J connectivity index is 2.12. The van der Waals surface area contributed by atoms with Crippen molar-refractivity contribution >= 4 is 11.6 Å². The van der Waals surface area contributed by atoms with Gasteiger partial charge in [0.05, 0.1) is 5.56 Å². The maximum absolute atomic E-state index is 13.7. The van der Waals surface area contributed by atoms with Gasteiger partial charge in [-0.15, -0.1) is 0 Å². The lowest BCUT2D eigenvalue weighted by atomic mass is 10.0. The molecule has 2 rings (SSSR count). The Morgan fingerprint density at radius 2 is 2.05 bits per heavy atom. The van der Waals surface area contributed by atoms with Gasteiger partial charge >= 0.3 is 0 Å². The summed E-state index contributed by atoms with van der Waals surface area (Å²) >= 11 is 0. The second-order valence-corrected chi connectivity index (χ2v) is 5.19. The normalized spacial score (nSPS) is 17.4. The molecule has 1 fully saturated rings. The number of rotatable bonds is 2. The third-order valence-electron chi connectivity index (χ3n) is 3.78. The van der Waals surface area contributed by atoms with E-state index in [2.05, 4.69) is 11.9 Å². The number of nitrogens with two attached hydrogens (primary N) is 1. The van der Waals surface area contributed by atoms with Gasteiger partial charge < -0.3 is 15.5 Å². The highest BCUT2D eigenvalue weighted by Crippen LogP contribution is 2.19. The molecule has 1 aliphatic heterocycles. The number of likely N-dealkylation sites (tertiary alicyclic amines) is 1. The molecular formula is C14H20FN3O. The van der Waals surface area contributed by atoms with Gasteiger partial charge in [-0.25, -0.2) is 4.39 Å². The molecule has 0 aromatic heterocycles. The van der Waals surface area contributed by atoms with Crippen molar-refractivity contribution in [3.63, 3.8) is 0 Å². The van der Waals surface area contributed by atoms with E-state index in [-0.39, 0.29) is 17.5 Å². The predicted octanol–water partition coefficient (Wildman–Crippen LogP) is 1.57. The second kappa shape index (κ2) is 5.57. The number of piperidine rings is 1. The molecule has 19 heavy (non-hydrogen) atoms. The van der Waals surface area contributed by atoms with Crippen LogP contribution in [-0.4, -0.2) is 48.9 Å². The first-order valence-electron chi connectivity index (χ1n) is 6.50. The molecule has 2 N–H and O–H groups in total. The lowest BCUT2D eigenvalue weighted by molar-refractivity contribution is 0.0655. The van der Waals surface area contributed by atoms with Crippen LogP contribution in [-0.2, 0) is 0 Å². The fourth-order valence-electron chi connectivity index (χ4n) is 2.44.